The van der Waals surface area contributed by atoms with Crippen LogP contribution >= 0.6 is 0 Å². The normalized spacial score (nSPS) is 15.7. The molecular formula is C12H17N7O2. The van der Waals surface area contributed by atoms with Gasteiger partial charge in [0.25, 0.3) is 0 Å². The van der Waals surface area contributed by atoms with E-state index in [2.05, 4.69) is 25.1 Å². The average Bonchev–Trinajstić information content (AvgIpc) is 3.07. The number of fused-ring (bicyclic) bond motifs is 1. The summed E-state index contributed by atoms with van der Waals surface area (Å²) in [7, 11) is 0. The molecule has 112 valence electrons. The number of carboxylic acid groups (broad SMARTS) is 1. The van der Waals surface area contributed by atoms with Crippen LogP contribution < -0.4 is 5.73 Å². The Balaban J connectivity index is 1.70. The molecule has 0 bridgehead atoms. The molecule has 9 heteroatoms. The molecule has 0 aliphatic carbocycles. The highest BCUT2D eigenvalue weighted by molar-refractivity contribution is 5.73. The molecule has 1 atom stereocenters. The van der Waals surface area contributed by atoms with Gasteiger partial charge in [0.2, 0.25) is 0 Å². The molecule has 3 heterocycles. The van der Waals surface area contributed by atoms with Crippen molar-refractivity contribution in [3.63, 3.8) is 0 Å². The largest absolute Gasteiger partial charge is 0.480 e. The second kappa shape index (κ2) is 5.60. The van der Waals surface area contributed by atoms with Gasteiger partial charge in [-0.3, -0.25) is 4.79 Å². The highest BCUT2D eigenvalue weighted by Crippen LogP contribution is 2.14. The number of aliphatic carboxylic acids is 1. The summed E-state index contributed by atoms with van der Waals surface area (Å²) >= 11 is 0. The van der Waals surface area contributed by atoms with E-state index >= 15 is 0 Å². The molecule has 0 fully saturated rings. The lowest BCUT2D eigenvalue weighted by Crippen LogP contribution is -2.32. The van der Waals surface area contributed by atoms with Gasteiger partial charge in [0.15, 0.2) is 5.82 Å². The predicted octanol–water partition coefficient (Wildman–Crippen LogP) is -0.791. The molecule has 1 unspecified atom stereocenters. The molecule has 1 aliphatic rings. The van der Waals surface area contributed by atoms with Gasteiger partial charge < -0.3 is 15.4 Å². The third kappa shape index (κ3) is 2.92. The van der Waals surface area contributed by atoms with Crippen molar-refractivity contribution < 1.29 is 9.90 Å². The van der Waals surface area contributed by atoms with Crippen molar-refractivity contribution in [1.82, 2.24) is 29.8 Å². The molecule has 0 saturated heterocycles. The Kier molecular flexibility index (Phi) is 3.65. The maximum atomic E-state index is 10.7. The molecule has 0 spiro atoms. The lowest BCUT2D eigenvalue weighted by molar-refractivity contribution is -0.138. The number of nitrogens with two attached hydrogens (primary N) is 1. The van der Waals surface area contributed by atoms with Crippen LogP contribution in [-0.2, 0) is 30.7 Å². The van der Waals surface area contributed by atoms with Crippen molar-refractivity contribution in [2.24, 2.45) is 5.73 Å². The monoisotopic (exact) mass is 291 g/mol. The lowest BCUT2D eigenvalue weighted by atomic mass is 10.2. The zero-order valence-corrected chi connectivity index (χ0v) is 11.5. The van der Waals surface area contributed by atoms with Gasteiger partial charge in [0, 0.05) is 25.6 Å². The Hall–Kier alpha value is -2.29. The van der Waals surface area contributed by atoms with Crippen molar-refractivity contribution in [1.29, 1.82) is 0 Å². The van der Waals surface area contributed by atoms with Crippen molar-refractivity contribution in [2.75, 3.05) is 0 Å². The third-order valence-corrected chi connectivity index (χ3v) is 3.57. The first-order valence-corrected chi connectivity index (χ1v) is 6.92. The molecule has 0 saturated carbocycles. The predicted molar refractivity (Wildman–Crippen MR) is 71.4 cm³/mol. The van der Waals surface area contributed by atoms with E-state index in [1.807, 2.05) is 0 Å². The minimum absolute atomic E-state index is 0.160. The SMILES string of the molecule is NC(Cc1cn(Cc2nnc3n2CCCC3)nn1)C(=O)O. The first-order chi connectivity index (χ1) is 10.1. The van der Waals surface area contributed by atoms with Crippen LogP contribution in [0.25, 0.3) is 0 Å². The zero-order chi connectivity index (χ0) is 14.8. The van der Waals surface area contributed by atoms with Crippen LogP contribution in [0.1, 0.15) is 30.2 Å². The van der Waals surface area contributed by atoms with Crippen molar-refractivity contribution >= 4 is 5.97 Å². The van der Waals surface area contributed by atoms with E-state index in [9.17, 15) is 4.79 Å². The van der Waals surface area contributed by atoms with Crippen LogP contribution in [0.15, 0.2) is 6.20 Å². The van der Waals surface area contributed by atoms with Gasteiger partial charge in [-0.2, -0.15) is 0 Å². The molecule has 0 radical (unpaired) electrons. The highest BCUT2D eigenvalue weighted by Gasteiger charge is 2.17. The molecule has 2 aromatic rings. The van der Waals surface area contributed by atoms with Crippen molar-refractivity contribution in [2.45, 2.75) is 44.8 Å². The Morgan fingerprint density at radius 1 is 1.38 bits per heavy atom. The van der Waals surface area contributed by atoms with Gasteiger partial charge in [-0.1, -0.05) is 5.21 Å². The van der Waals surface area contributed by atoms with Crippen molar-refractivity contribution in [3.8, 4) is 0 Å². The molecule has 3 N–H and O–H groups in total. The van der Waals surface area contributed by atoms with Crippen LogP contribution in [0.3, 0.4) is 0 Å². The maximum absolute atomic E-state index is 10.7. The number of hydrogen-bond donors (Lipinski definition) is 2. The van der Waals surface area contributed by atoms with E-state index in [-0.39, 0.29) is 6.42 Å². The summed E-state index contributed by atoms with van der Waals surface area (Å²) in [6.07, 6.45) is 5.11. The number of hydrogen-bond acceptors (Lipinski definition) is 6. The third-order valence-electron chi connectivity index (χ3n) is 3.57. The molecule has 21 heavy (non-hydrogen) atoms. The van der Waals surface area contributed by atoms with Gasteiger partial charge in [-0.15, -0.1) is 15.3 Å². The summed E-state index contributed by atoms with van der Waals surface area (Å²) in [5, 5.41) is 25.1. The van der Waals surface area contributed by atoms with Crippen LogP contribution in [-0.4, -0.2) is 46.9 Å². The number of aryl methyl sites for hydroxylation is 1. The van der Waals surface area contributed by atoms with Crippen molar-refractivity contribution in [3.05, 3.63) is 23.5 Å². The molecule has 2 aromatic heterocycles. The topological polar surface area (TPSA) is 125 Å². The molecule has 0 amide bonds. The molecule has 9 nitrogen and oxygen atoms in total. The second-order valence-corrected chi connectivity index (χ2v) is 5.20. The fourth-order valence-electron chi connectivity index (χ4n) is 2.45. The summed E-state index contributed by atoms with van der Waals surface area (Å²) in [6, 6.07) is -0.962. The van der Waals surface area contributed by atoms with Crippen LogP contribution in [0.5, 0.6) is 0 Å². The first-order valence-electron chi connectivity index (χ1n) is 6.92. The van der Waals surface area contributed by atoms with Gasteiger partial charge in [0.05, 0.1) is 5.69 Å². The van der Waals surface area contributed by atoms with E-state index in [1.165, 1.54) is 0 Å². The summed E-state index contributed by atoms with van der Waals surface area (Å²) < 4.78 is 3.75. The van der Waals surface area contributed by atoms with E-state index in [4.69, 9.17) is 10.8 Å². The van der Waals surface area contributed by atoms with Gasteiger partial charge in [0.1, 0.15) is 18.4 Å². The zero-order valence-electron chi connectivity index (χ0n) is 11.5. The van der Waals surface area contributed by atoms with Crippen LogP contribution in [0.4, 0.5) is 0 Å². The summed E-state index contributed by atoms with van der Waals surface area (Å²) in [4.78, 5) is 10.7. The Morgan fingerprint density at radius 3 is 3.05 bits per heavy atom. The maximum Gasteiger partial charge on any atom is 0.320 e. The second-order valence-electron chi connectivity index (χ2n) is 5.20. The molecule has 3 rings (SSSR count). The summed E-state index contributed by atoms with van der Waals surface area (Å²) in [5.41, 5.74) is 6.04. The smallest absolute Gasteiger partial charge is 0.320 e. The standard InChI is InChI=1S/C12H17N7O2/c13-9(12(20)21)5-8-6-18(17-14-8)7-11-16-15-10-3-1-2-4-19(10)11/h6,9H,1-5,7,13H2,(H,20,21). The highest BCUT2D eigenvalue weighted by atomic mass is 16.4. The van der Waals surface area contributed by atoms with Gasteiger partial charge >= 0.3 is 5.97 Å². The van der Waals surface area contributed by atoms with Crippen LogP contribution in [0, 0.1) is 0 Å². The number of carboxylic acids is 1. The van der Waals surface area contributed by atoms with E-state index in [1.54, 1.807) is 10.9 Å². The molecule has 1 aliphatic heterocycles. The van der Waals surface area contributed by atoms with E-state index in [0.29, 0.717) is 12.2 Å². The number of aromatic nitrogens is 6. The fraction of sp³-hybridized carbons (Fsp3) is 0.583. The number of nitrogens with zero attached hydrogens (tertiary/aromatic N) is 6. The minimum atomic E-state index is -1.05. The fourth-order valence-corrected chi connectivity index (χ4v) is 2.45. The summed E-state index contributed by atoms with van der Waals surface area (Å²) in [6.45, 7) is 1.41. The van der Waals surface area contributed by atoms with E-state index in [0.717, 1.165) is 37.5 Å². The number of rotatable bonds is 5. The van der Waals surface area contributed by atoms with Crippen LogP contribution in [0.2, 0.25) is 0 Å². The Bertz CT molecular complexity index is 648. The Labute approximate surface area is 120 Å². The summed E-state index contributed by atoms with van der Waals surface area (Å²) in [5.74, 6) is 0.823. The first kappa shape index (κ1) is 13.7. The van der Waals surface area contributed by atoms with Gasteiger partial charge in [-0.05, 0) is 12.8 Å². The van der Waals surface area contributed by atoms with E-state index < -0.39 is 12.0 Å². The quantitative estimate of drug-likeness (QED) is 0.739. The Morgan fingerprint density at radius 2 is 2.24 bits per heavy atom. The minimum Gasteiger partial charge on any atom is -0.480 e. The van der Waals surface area contributed by atoms with Gasteiger partial charge in [-0.25, -0.2) is 4.68 Å². The molecular weight excluding hydrogens is 274 g/mol. The molecule has 0 aromatic carbocycles. The average molecular weight is 291 g/mol. The lowest BCUT2D eigenvalue weighted by Gasteiger charge is -2.14. The number of carbonyl (C=O) groups is 1.